The monoisotopic (exact) mass is 343 g/mol. The molecular formula is C19H18ClNO3. The summed E-state index contributed by atoms with van der Waals surface area (Å²) in [5.74, 6) is 0.134. The number of benzene rings is 2. The maximum absolute atomic E-state index is 11.9. The number of esters is 1. The second kappa shape index (κ2) is 7.05. The van der Waals surface area contributed by atoms with Gasteiger partial charge in [-0.15, -0.1) is 0 Å². The first-order valence-corrected chi connectivity index (χ1v) is 8.23. The van der Waals surface area contributed by atoms with Gasteiger partial charge in [-0.3, -0.25) is 4.79 Å². The number of rotatable bonds is 4. The van der Waals surface area contributed by atoms with Gasteiger partial charge in [-0.1, -0.05) is 29.8 Å². The first-order valence-electron chi connectivity index (χ1n) is 7.85. The number of carbonyl (C=O) groups excluding carboxylic acids is 1. The number of carbonyl (C=O) groups is 1. The van der Waals surface area contributed by atoms with E-state index in [1.807, 2.05) is 49.4 Å². The fraction of sp³-hybridized carbons (Fsp3) is 0.263. The van der Waals surface area contributed by atoms with Crippen LogP contribution < -0.4 is 4.74 Å². The molecule has 4 nitrogen and oxygen atoms in total. The largest absolute Gasteiger partial charge is 0.485 e. The molecule has 5 heteroatoms. The van der Waals surface area contributed by atoms with Gasteiger partial charge in [0.05, 0.1) is 18.2 Å². The van der Waals surface area contributed by atoms with Crippen LogP contribution in [-0.4, -0.2) is 24.9 Å². The van der Waals surface area contributed by atoms with Crippen LogP contribution in [0.3, 0.4) is 0 Å². The molecule has 0 aromatic heterocycles. The lowest BCUT2D eigenvalue weighted by atomic mass is 10.00. The minimum Gasteiger partial charge on any atom is -0.485 e. The Hall–Kier alpha value is -2.33. The molecule has 24 heavy (non-hydrogen) atoms. The molecular weight excluding hydrogens is 326 g/mol. The summed E-state index contributed by atoms with van der Waals surface area (Å²) in [6.45, 7) is 4.40. The molecule has 1 aliphatic heterocycles. The van der Waals surface area contributed by atoms with Crippen molar-refractivity contribution in [3.05, 3.63) is 58.6 Å². The normalized spacial score (nSPS) is 14.2. The Morgan fingerprint density at radius 1 is 1.29 bits per heavy atom. The van der Waals surface area contributed by atoms with Gasteiger partial charge in [-0.05, 0) is 49.2 Å². The second-order valence-electron chi connectivity index (χ2n) is 5.55. The molecule has 2 aromatic carbocycles. The maximum atomic E-state index is 11.9. The highest BCUT2D eigenvalue weighted by molar-refractivity contribution is 6.30. The molecule has 3 rings (SSSR count). The molecule has 0 fully saturated rings. The fourth-order valence-corrected chi connectivity index (χ4v) is 2.66. The minimum atomic E-state index is -0.341. The summed E-state index contributed by atoms with van der Waals surface area (Å²) in [5, 5.41) is 0.682. The van der Waals surface area contributed by atoms with Crippen molar-refractivity contribution < 1.29 is 14.3 Å². The van der Waals surface area contributed by atoms with Crippen molar-refractivity contribution in [2.24, 2.45) is 4.99 Å². The van der Waals surface area contributed by atoms with Crippen LogP contribution in [0, 0.1) is 0 Å². The average molecular weight is 344 g/mol. The minimum absolute atomic E-state index is 0.240. The van der Waals surface area contributed by atoms with Crippen LogP contribution >= 0.6 is 11.6 Å². The van der Waals surface area contributed by atoms with E-state index in [1.54, 1.807) is 6.92 Å². The number of hydrogen-bond donors (Lipinski definition) is 0. The average Bonchev–Trinajstić information content (AvgIpc) is 2.61. The Labute approximate surface area is 146 Å². The van der Waals surface area contributed by atoms with Crippen LogP contribution in [0.2, 0.25) is 5.02 Å². The van der Waals surface area contributed by atoms with Gasteiger partial charge in [0.25, 0.3) is 0 Å². The first-order chi connectivity index (χ1) is 11.6. The van der Waals surface area contributed by atoms with E-state index in [-0.39, 0.29) is 11.9 Å². The van der Waals surface area contributed by atoms with Crippen LogP contribution in [0.1, 0.15) is 30.9 Å². The smallest absolute Gasteiger partial charge is 0.313 e. The van der Waals surface area contributed by atoms with Crippen LogP contribution in [0.15, 0.2) is 47.5 Å². The lowest BCUT2D eigenvalue weighted by molar-refractivity contribution is -0.144. The molecule has 0 N–H and O–H groups in total. The third kappa shape index (κ3) is 3.44. The Bertz CT molecular complexity index is 784. The molecule has 0 saturated carbocycles. The molecule has 2 aromatic rings. The van der Waals surface area contributed by atoms with Crippen LogP contribution in [0.25, 0.3) is 0 Å². The Kier molecular flexibility index (Phi) is 4.86. The van der Waals surface area contributed by atoms with Gasteiger partial charge in [0.2, 0.25) is 0 Å². The van der Waals surface area contributed by atoms with Crippen molar-refractivity contribution >= 4 is 29.0 Å². The summed E-state index contributed by atoms with van der Waals surface area (Å²) in [6, 6.07) is 13.1. The van der Waals surface area contributed by atoms with E-state index in [2.05, 4.69) is 0 Å². The Morgan fingerprint density at radius 3 is 2.75 bits per heavy atom. The van der Waals surface area contributed by atoms with Crippen LogP contribution in [-0.2, 0) is 9.53 Å². The molecule has 1 heterocycles. The number of nitrogens with zero attached hydrogens (tertiary/aromatic N) is 1. The molecule has 0 saturated heterocycles. The summed E-state index contributed by atoms with van der Waals surface area (Å²) < 4.78 is 10.9. The second-order valence-corrected chi connectivity index (χ2v) is 5.99. The lowest BCUT2D eigenvalue weighted by Gasteiger charge is -2.19. The van der Waals surface area contributed by atoms with Gasteiger partial charge in [-0.2, -0.15) is 0 Å². The van der Waals surface area contributed by atoms with E-state index in [0.29, 0.717) is 24.0 Å². The number of fused-ring (bicyclic) bond motifs is 1. The quantitative estimate of drug-likeness (QED) is 0.767. The highest BCUT2D eigenvalue weighted by Crippen LogP contribution is 2.35. The van der Waals surface area contributed by atoms with E-state index in [9.17, 15) is 4.79 Å². The number of halogens is 1. The van der Waals surface area contributed by atoms with Gasteiger partial charge in [0, 0.05) is 5.02 Å². The zero-order valence-electron chi connectivity index (χ0n) is 13.6. The van der Waals surface area contributed by atoms with Gasteiger partial charge in [-0.25, -0.2) is 4.99 Å². The summed E-state index contributed by atoms with van der Waals surface area (Å²) in [6.07, 6.45) is 0. The molecule has 0 bridgehead atoms. The summed E-state index contributed by atoms with van der Waals surface area (Å²) >= 11 is 5.93. The highest BCUT2D eigenvalue weighted by atomic mass is 35.5. The van der Waals surface area contributed by atoms with Gasteiger partial charge in [0.1, 0.15) is 18.0 Å². The van der Waals surface area contributed by atoms with E-state index in [1.165, 1.54) is 0 Å². The predicted molar refractivity (Wildman–Crippen MR) is 94.6 cm³/mol. The Balaban J connectivity index is 1.91. The van der Waals surface area contributed by atoms with Crippen molar-refractivity contribution in [2.45, 2.75) is 19.8 Å². The van der Waals surface area contributed by atoms with Crippen molar-refractivity contribution in [2.75, 3.05) is 13.2 Å². The summed E-state index contributed by atoms with van der Waals surface area (Å²) in [7, 11) is 0. The summed E-state index contributed by atoms with van der Waals surface area (Å²) in [5.41, 5.74) is 3.38. The molecule has 1 aliphatic rings. The van der Waals surface area contributed by atoms with Crippen LogP contribution in [0.5, 0.6) is 5.75 Å². The van der Waals surface area contributed by atoms with E-state index >= 15 is 0 Å². The maximum Gasteiger partial charge on any atom is 0.313 e. The molecule has 0 spiro atoms. The topological polar surface area (TPSA) is 47.9 Å². The third-order valence-corrected chi connectivity index (χ3v) is 4.17. The molecule has 0 amide bonds. The van der Waals surface area contributed by atoms with Gasteiger partial charge in [0.15, 0.2) is 0 Å². The SMILES string of the molecule is CCOC(=O)[C@H](C)c1ccc2c(c1)N=C(c1ccc(Cl)cc1)CO2. The number of ether oxygens (including phenoxy) is 2. The van der Waals surface area contributed by atoms with Crippen LogP contribution in [0.4, 0.5) is 5.69 Å². The lowest BCUT2D eigenvalue weighted by Crippen LogP contribution is -2.17. The molecule has 0 unspecified atom stereocenters. The highest BCUT2D eigenvalue weighted by Gasteiger charge is 2.20. The predicted octanol–water partition coefficient (Wildman–Crippen LogP) is 4.52. The zero-order chi connectivity index (χ0) is 17.1. The molecule has 0 radical (unpaired) electrons. The van der Waals surface area contributed by atoms with Gasteiger partial charge < -0.3 is 9.47 Å². The van der Waals surface area contributed by atoms with E-state index < -0.39 is 0 Å². The summed E-state index contributed by atoms with van der Waals surface area (Å²) in [4.78, 5) is 16.6. The number of hydrogen-bond acceptors (Lipinski definition) is 4. The molecule has 124 valence electrons. The van der Waals surface area contributed by atoms with E-state index in [0.717, 1.165) is 22.5 Å². The molecule has 1 atom stereocenters. The van der Waals surface area contributed by atoms with E-state index in [4.69, 9.17) is 26.1 Å². The fourth-order valence-electron chi connectivity index (χ4n) is 2.53. The third-order valence-electron chi connectivity index (χ3n) is 3.92. The van der Waals surface area contributed by atoms with Crippen molar-refractivity contribution in [3.63, 3.8) is 0 Å². The van der Waals surface area contributed by atoms with Crippen molar-refractivity contribution in [3.8, 4) is 5.75 Å². The standard InChI is InChI=1S/C19H18ClNO3/c1-3-23-19(22)12(2)14-6-9-18-16(10-14)21-17(11-24-18)13-4-7-15(20)8-5-13/h4-10,12H,3,11H2,1-2H3/t12-/m1/s1. The van der Waals surface area contributed by atoms with Crippen molar-refractivity contribution in [1.29, 1.82) is 0 Å². The zero-order valence-corrected chi connectivity index (χ0v) is 14.3. The Morgan fingerprint density at radius 2 is 2.04 bits per heavy atom. The number of aliphatic imine (C=N–C) groups is 1. The van der Waals surface area contributed by atoms with Gasteiger partial charge >= 0.3 is 5.97 Å². The first kappa shape index (κ1) is 16.5. The molecule has 0 aliphatic carbocycles. The van der Waals surface area contributed by atoms with Crippen molar-refractivity contribution in [1.82, 2.24) is 0 Å².